The van der Waals surface area contributed by atoms with Crippen molar-refractivity contribution in [2.24, 2.45) is 5.73 Å². The van der Waals surface area contributed by atoms with Gasteiger partial charge in [-0.1, -0.05) is 18.2 Å². The summed E-state index contributed by atoms with van der Waals surface area (Å²) in [6, 6.07) is 13.9. The number of hydrogen-bond acceptors (Lipinski definition) is 3. The van der Waals surface area contributed by atoms with Crippen LogP contribution in [0.1, 0.15) is 11.7 Å². The van der Waals surface area contributed by atoms with Crippen LogP contribution in [0.25, 0.3) is 11.0 Å². The molecular formula is C14H14N4. The molecule has 2 heterocycles. The van der Waals surface area contributed by atoms with Crippen LogP contribution < -0.4 is 5.73 Å². The van der Waals surface area contributed by atoms with Gasteiger partial charge in [0.05, 0.1) is 29.1 Å². The van der Waals surface area contributed by atoms with Gasteiger partial charge in [-0.3, -0.25) is 4.98 Å². The van der Waals surface area contributed by atoms with Crippen molar-refractivity contribution in [2.75, 3.05) is 6.54 Å². The summed E-state index contributed by atoms with van der Waals surface area (Å²) in [7, 11) is 0. The molecule has 0 saturated carbocycles. The molecular weight excluding hydrogens is 224 g/mol. The normalized spacial score (nSPS) is 12.7. The fourth-order valence-corrected chi connectivity index (χ4v) is 2.18. The smallest absolute Gasteiger partial charge is 0.0965 e. The highest BCUT2D eigenvalue weighted by Gasteiger charge is 2.15. The number of para-hydroxylation sites is 2. The fraction of sp³-hybridized carbons (Fsp3) is 0.143. The quantitative estimate of drug-likeness (QED) is 0.759. The van der Waals surface area contributed by atoms with Gasteiger partial charge in [-0.2, -0.15) is 0 Å². The summed E-state index contributed by atoms with van der Waals surface area (Å²) >= 11 is 0. The maximum absolute atomic E-state index is 5.90. The van der Waals surface area contributed by atoms with E-state index >= 15 is 0 Å². The lowest BCUT2D eigenvalue weighted by Crippen LogP contribution is -2.20. The van der Waals surface area contributed by atoms with E-state index in [9.17, 15) is 0 Å². The molecule has 1 aromatic carbocycles. The van der Waals surface area contributed by atoms with Crippen molar-refractivity contribution < 1.29 is 0 Å². The van der Waals surface area contributed by atoms with Crippen molar-refractivity contribution in [3.05, 3.63) is 60.7 Å². The van der Waals surface area contributed by atoms with Crippen molar-refractivity contribution >= 4 is 11.0 Å². The van der Waals surface area contributed by atoms with Crippen molar-refractivity contribution in [2.45, 2.75) is 6.04 Å². The average Bonchev–Trinajstić information content (AvgIpc) is 2.85. The summed E-state index contributed by atoms with van der Waals surface area (Å²) in [6.07, 6.45) is 3.62. The number of fused-ring (bicyclic) bond motifs is 1. The first-order valence-corrected chi connectivity index (χ1v) is 5.92. The molecule has 0 aliphatic carbocycles. The van der Waals surface area contributed by atoms with Gasteiger partial charge in [0, 0.05) is 12.7 Å². The van der Waals surface area contributed by atoms with Gasteiger partial charge in [-0.05, 0) is 24.3 Å². The molecule has 3 aromatic rings. The second kappa shape index (κ2) is 4.58. The zero-order valence-electron chi connectivity index (χ0n) is 9.90. The van der Waals surface area contributed by atoms with E-state index in [2.05, 4.69) is 14.5 Å². The molecule has 0 saturated heterocycles. The molecule has 0 aliphatic rings. The Labute approximate surface area is 105 Å². The molecule has 3 rings (SSSR count). The van der Waals surface area contributed by atoms with Gasteiger partial charge in [0.15, 0.2) is 0 Å². The number of aromatic nitrogens is 3. The number of hydrogen-bond donors (Lipinski definition) is 1. The van der Waals surface area contributed by atoms with Gasteiger partial charge in [-0.15, -0.1) is 0 Å². The Morgan fingerprint density at radius 3 is 2.67 bits per heavy atom. The predicted octanol–water partition coefficient (Wildman–Crippen LogP) is 1.98. The Kier molecular flexibility index (Phi) is 2.78. The molecule has 4 nitrogen and oxygen atoms in total. The van der Waals surface area contributed by atoms with E-state index in [1.807, 2.05) is 48.8 Å². The van der Waals surface area contributed by atoms with Gasteiger partial charge >= 0.3 is 0 Å². The van der Waals surface area contributed by atoms with Crippen LogP contribution in [-0.4, -0.2) is 21.1 Å². The lowest BCUT2D eigenvalue weighted by atomic mass is 10.1. The molecule has 2 aromatic heterocycles. The molecule has 90 valence electrons. The first-order valence-electron chi connectivity index (χ1n) is 5.92. The van der Waals surface area contributed by atoms with Crippen molar-refractivity contribution in [1.29, 1.82) is 0 Å². The SMILES string of the molecule is NCC(c1ccccn1)n1cnc2ccccc21. The maximum atomic E-state index is 5.90. The third kappa shape index (κ3) is 1.76. The number of nitrogens with two attached hydrogens (primary N) is 1. The van der Waals surface area contributed by atoms with Crippen molar-refractivity contribution in [1.82, 2.24) is 14.5 Å². The minimum Gasteiger partial charge on any atom is -0.328 e. The number of pyridine rings is 1. The van der Waals surface area contributed by atoms with E-state index in [0.717, 1.165) is 16.7 Å². The van der Waals surface area contributed by atoms with E-state index in [1.165, 1.54) is 0 Å². The molecule has 0 radical (unpaired) electrons. The molecule has 2 N–H and O–H groups in total. The zero-order chi connectivity index (χ0) is 12.4. The second-order valence-electron chi connectivity index (χ2n) is 4.15. The lowest BCUT2D eigenvalue weighted by Gasteiger charge is -2.16. The molecule has 1 atom stereocenters. The maximum Gasteiger partial charge on any atom is 0.0965 e. The summed E-state index contributed by atoms with van der Waals surface area (Å²) in [5.74, 6) is 0. The Bertz CT molecular complexity index is 645. The Morgan fingerprint density at radius 2 is 1.89 bits per heavy atom. The predicted molar refractivity (Wildman–Crippen MR) is 71.2 cm³/mol. The second-order valence-corrected chi connectivity index (χ2v) is 4.15. The largest absolute Gasteiger partial charge is 0.328 e. The number of rotatable bonds is 3. The third-order valence-electron chi connectivity index (χ3n) is 3.07. The zero-order valence-corrected chi connectivity index (χ0v) is 9.90. The average molecular weight is 238 g/mol. The van der Waals surface area contributed by atoms with Gasteiger partial charge in [0.1, 0.15) is 0 Å². The van der Waals surface area contributed by atoms with E-state index in [0.29, 0.717) is 6.54 Å². The molecule has 1 unspecified atom stereocenters. The number of imidazole rings is 1. The van der Waals surface area contributed by atoms with E-state index in [4.69, 9.17) is 5.73 Å². The van der Waals surface area contributed by atoms with Crippen LogP contribution >= 0.6 is 0 Å². The fourth-order valence-electron chi connectivity index (χ4n) is 2.18. The monoisotopic (exact) mass is 238 g/mol. The van der Waals surface area contributed by atoms with E-state index < -0.39 is 0 Å². The summed E-state index contributed by atoms with van der Waals surface area (Å²) in [4.78, 5) is 8.78. The van der Waals surface area contributed by atoms with E-state index in [-0.39, 0.29) is 6.04 Å². The summed E-state index contributed by atoms with van der Waals surface area (Å²) in [5.41, 5.74) is 8.92. The third-order valence-corrected chi connectivity index (χ3v) is 3.07. The topological polar surface area (TPSA) is 56.7 Å². The highest BCUT2D eigenvalue weighted by molar-refractivity contribution is 5.75. The van der Waals surface area contributed by atoms with Crippen LogP contribution in [0.4, 0.5) is 0 Å². The minimum atomic E-state index is 0.0265. The molecule has 0 fully saturated rings. The van der Waals surface area contributed by atoms with Crippen LogP contribution in [0.3, 0.4) is 0 Å². The number of benzene rings is 1. The van der Waals surface area contributed by atoms with Crippen molar-refractivity contribution in [3.8, 4) is 0 Å². The van der Waals surface area contributed by atoms with Gasteiger partial charge in [0.2, 0.25) is 0 Å². The van der Waals surface area contributed by atoms with Crippen molar-refractivity contribution in [3.63, 3.8) is 0 Å². The first kappa shape index (κ1) is 10.9. The Balaban J connectivity index is 2.12. The van der Waals surface area contributed by atoms with Crippen LogP contribution in [-0.2, 0) is 0 Å². The highest BCUT2D eigenvalue weighted by atomic mass is 15.1. The molecule has 0 aliphatic heterocycles. The van der Waals surface area contributed by atoms with Gasteiger partial charge < -0.3 is 10.3 Å². The van der Waals surface area contributed by atoms with Gasteiger partial charge in [0.25, 0.3) is 0 Å². The minimum absolute atomic E-state index is 0.0265. The van der Waals surface area contributed by atoms with Crippen LogP contribution in [0.5, 0.6) is 0 Å². The summed E-state index contributed by atoms with van der Waals surface area (Å²) in [5, 5.41) is 0. The van der Waals surface area contributed by atoms with Crippen LogP contribution in [0.15, 0.2) is 55.0 Å². The van der Waals surface area contributed by atoms with Crippen LogP contribution in [0, 0.1) is 0 Å². The molecule has 0 amide bonds. The molecule has 18 heavy (non-hydrogen) atoms. The molecule has 0 bridgehead atoms. The Hall–Kier alpha value is -2.20. The molecule has 4 heteroatoms. The highest BCUT2D eigenvalue weighted by Crippen LogP contribution is 2.21. The first-order chi connectivity index (χ1) is 8.90. The molecule has 0 spiro atoms. The lowest BCUT2D eigenvalue weighted by molar-refractivity contribution is 0.593. The van der Waals surface area contributed by atoms with E-state index in [1.54, 1.807) is 6.20 Å². The number of nitrogens with zero attached hydrogens (tertiary/aromatic N) is 3. The van der Waals surface area contributed by atoms with Gasteiger partial charge in [-0.25, -0.2) is 4.98 Å². The Morgan fingerprint density at radius 1 is 1.06 bits per heavy atom. The summed E-state index contributed by atoms with van der Waals surface area (Å²) < 4.78 is 2.08. The van der Waals surface area contributed by atoms with Crippen LogP contribution in [0.2, 0.25) is 0 Å². The standard InChI is InChI=1S/C14H14N4/c15-9-14(12-6-3-4-8-16-12)18-10-17-11-5-1-2-7-13(11)18/h1-8,10,14H,9,15H2. The summed E-state index contributed by atoms with van der Waals surface area (Å²) in [6.45, 7) is 0.497.